The van der Waals surface area contributed by atoms with Crippen molar-refractivity contribution in [2.75, 3.05) is 31.3 Å². The molecule has 1 aliphatic rings. The third kappa shape index (κ3) is 5.00. The summed E-state index contributed by atoms with van der Waals surface area (Å²) in [6, 6.07) is 3.36. The van der Waals surface area contributed by atoms with Crippen LogP contribution in [0.2, 0.25) is 0 Å². The minimum absolute atomic E-state index is 0.0565. The van der Waals surface area contributed by atoms with Crippen molar-refractivity contribution in [3.8, 4) is 0 Å². The van der Waals surface area contributed by atoms with Crippen LogP contribution in [0.3, 0.4) is 0 Å². The summed E-state index contributed by atoms with van der Waals surface area (Å²) in [6.07, 6.45) is 0.706. The Balaban J connectivity index is 2.31. The maximum Gasteiger partial charge on any atom is 0.338 e. The third-order valence-corrected chi connectivity index (χ3v) is 4.80. The maximum absolute atomic E-state index is 12.4. The molecule has 138 valence electrons. The van der Waals surface area contributed by atoms with E-state index in [0.29, 0.717) is 13.2 Å². The molecular weight excluding hydrogens is 348 g/mol. The van der Waals surface area contributed by atoms with Gasteiger partial charge in [-0.25, -0.2) is 13.2 Å². The third-order valence-electron chi connectivity index (χ3n) is 3.71. The van der Waals surface area contributed by atoms with Gasteiger partial charge in [-0.1, -0.05) is 0 Å². The van der Waals surface area contributed by atoms with Gasteiger partial charge in [-0.15, -0.1) is 0 Å². The summed E-state index contributed by atoms with van der Waals surface area (Å²) < 4.78 is 34.1. The first-order chi connectivity index (χ1) is 11.7. The van der Waals surface area contributed by atoms with E-state index >= 15 is 0 Å². The molecule has 0 aliphatic carbocycles. The lowest BCUT2D eigenvalue weighted by atomic mass is 10.1. The van der Waals surface area contributed by atoms with Crippen LogP contribution in [0.5, 0.6) is 0 Å². The Hall–Kier alpha value is -1.97. The van der Waals surface area contributed by atoms with Crippen LogP contribution in [0.25, 0.3) is 0 Å². The van der Waals surface area contributed by atoms with Crippen molar-refractivity contribution in [2.24, 2.45) is 0 Å². The summed E-state index contributed by atoms with van der Waals surface area (Å²) in [4.78, 5) is 24.3. The Kier molecular flexibility index (Phi) is 6.15. The molecule has 1 heterocycles. The summed E-state index contributed by atoms with van der Waals surface area (Å²) in [5, 5.41) is 5.68. The number of carbonyl (C=O) groups excluding carboxylic acids is 2. The first kappa shape index (κ1) is 19.4. The second-order valence-corrected chi connectivity index (χ2v) is 7.75. The summed E-state index contributed by atoms with van der Waals surface area (Å²) in [7, 11) is -3.57. The molecule has 1 aliphatic heterocycles. The molecule has 2 N–H and O–H groups in total. The Morgan fingerprint density at radius 3 is 2.68 bits per heavy atom. The minimum Gasteiger partial charge on any atom is -0.462 e. The maximum atomic E-state index is 12.4. The van der Waals surface area contributed by atoms with Crippen LogP contribution in [-0.4, -0.2) is 58.5 Å². The average molecular weight is 370 g/mol. The molecule has 1 saturated heterocycles. The number of morpholine rings is 1. The molecule has 9 heteroatoms. The van der Waals surface area contributed by atoms with Gasteiger partial charge in [0.05, 0.1) is 29.8 Å². The molecule has 25 heavy (non-hydrogen) atoms. The number of carbonyl (C=O) groups is 2. The van der Waals surface area contributed by atoms with E-state index in [-0.39, 0.29) is 34.8 Å². The number of rotatable bonds is 5. The predicted octanol–water partition coefficient (Wildman–Crippen LogP) is 0.582. The summed E-state index contributed by atoms with van der Waals surface area (Å²) >= 11 is 0. The standard InChI is InChI=1S/C16H22N2O6S/c1-4-23-16(20)11-7-12(9-13(8-11)25(3,21)22)18-15(19)14-10(2)24-6-5-17-14/h7-10,14,17H,4-6H2,1-3H3,(H,18,19)/t10-,14+/m1/s1. The second kappa shape index (κ2) is 7.94. The van der Waals surface area contributed by atoms with Gasteiger partial charge in [0.2, 0.25) is 5.91 Å². The minimum atomic E-state index is -3.57. The van der Waals surface area contributed by atoms with Crippen molar-refractivity contribution < 1.29 is 27.5 Å². The fraction of sp³-hybridized carbons (Fsp3) is 0.500. The molecule has 0 spiro atoms. The van der Waals surface area contributed by atoms with Crippen molar-refractivity contribution >= 4 is 27.4 Å². The van der Waals surface area contributed by atoms with Crippen LogP contribution in [0.15, 0.2) is 23.1 Å². The van der Waals surface area contributed by atoms with Gasteiger partial charge < -0.3 is 20.1 Å². The van der Waals surface area contributed by atoms with Gasteiger partial charge in [-0.2, -0.15) is 0 Å². The van der Waals surface area contributed by atoms with E-state index in [1.54, 1.807) is 13.8 Å². The zero-order valence-corrected chi connectivity index (χ0v) is 15.2. The molecular formula is C16H22N2O6S. The first-order valence-corrected chi connectivity index (χ1v) is 9.79. The topological polar surface area (TPSA) is 111 Å². The second-order valence-electron chi connectivity index (χ2n) is 5.74. The fourth-order valence-electron chi connectivity index (χ4n) is 2.46. The molecule has 1 aromatic carbocycles. The zero-order valence-electron chi connectivity index (χ0n) is 14.4. The molecule has 0 unspecified atom stereocenters. The lowest BCUT2D eigenvalue weighted by Crippen LogP contribution is -2.53. The van der Waals surface area contributed by atoms with Crippen molar-refractivity contribution in [3.05, 3.63) is 23.8 Å². The van der Waals surface area contributed by atoms with Crippen LogP contribution < -0.4 is 10.6 Å². The van der Waals surface area contributed by atoms with E-state index < -0.39 is 21.8 Å². The van der Waals surface area contributed by atoms with E-state index in [1.807, 2.05) is 0 Å². The summed E-state index contributed by atoms with van der Waals surface area (Å²) in [5.41, 5.74) is 0.261. The number of sulfone groups is 1. The highest BCUT2D eigenvalue weighted by molar-refractivity contribution is 7.90. The molecule has 0 radical (unpaired) electrons. The Morgan fingerprint density at radius 2 is 2.08 bits per heavy atom. The van der Waals surface area contributed by atoms with E-state index in [4.69, 9.17) is 9.47 Å². The van der Waals surface area contributed by atoms with E-state index in [1.165, 1.54) is 18.2 Å². The number of nitrogens with one attached hydrogen (secondary N) is 2. The number of ether oxygens (including phenoxy) is 2. The number of esters is 1. The Morgan fingerprint density at radius 1 is 1.36 bits per heavy atom. The van der Waals surface area contributed by atoms with Gasteiger partial charge in [0.1, 0.15) is 6.04 Å². The van der Waals surface area contributed by atoms with Crippen molar-refractivity contribution in [1.82, 2.24) is 5.32 Å². The van der Waals surface area contributed by atoms with Crippen LogP contribution in [0.4, 0.5) is 5.69 Å². The molecule has 1 aromatic rings. The van der Waals surface area contributed by atoms with Crippen molar-refractivity contribution in [2.45, 2.75) is 30.9 Å². The number of hydrogen-bond donors (Lipinski definition) is 2. The molecule has 1 fully saturated rings. The lowest BCUT2D eigenvalue weighted by molar-refractivity contribution is -0.123. The average Bonchev–Trinajstić information content (AvgIpc) is 2.54. The summed E-state index contributed by atoms with van der Waals surface area (Å²) in [5.74, 6) is -1.02. The van der Waals surface area contributed by atoms with E-state index in [2.05, 4.69) is 10.6 Å². The van der Waals surface area contributed by atoms with Crippen molar-refractivity contribution in [1.29, 1.82) is 0 Å². The molecule has 0 saturated carbocycles. The van der Waals surface area contributed by atoms with Gasteiger partial charge >= 0.3 is 5.97 Å². The molecule has 0 aromatic heterocycles. The normalized spacial score (nSPS) is 20.8. The van der Waals surface area contributed by atoms with Gasteiger partial charge in [0, 0.05) is 18.5 Å². The smallest absolute Gasteiger partial charge is 0.338 e. The van der Waals surface area contributed by atoms with E-state index in [0.717, 1.165) is 6.26 Å². The highest BCUT2D eigenvalue weighted by atomic mass is 32.2. The molecule has 0 bridgehead atoms. The number of benzene rings is 1. The molecule has 2 rings (SSSR count). The Labute approximate surface area is 146 Å². The predicted molar refractivity (Wildman–Crippen MR) is 91.3 cm³/mol. The molecule has 2 atom stereocenters. The highest BCUT2D eigenvalue weighted by Gasteiger charge is 2.28. The SMILES string of the molecule is CCOC(=O)c1cc(NC(=O)[C@H]2NCCO[C@@H]2C)cc(S(C)(=O)=O)c1. The van der Waals surface area contributed by atoms with Gasteiger partial charge in [-0.05, 0) is 32.0 Å². The van der Waals surface area contributed by atoms with Crippen molar-refractivity contribution in [3.63, 3.8) is 0 Å². The number of anilines is 1. The molecule has 1 amide bonds. The Bertz CT molecular complexity index is 762. The zero-order chi connectivity index (χ0) is 18.6. The first-order valence-electron chi connectivity index (χ1n) is 7.90. The van der Waals surface area contributed by atoms with E-state index in [9.17, 15) is 18.0 Å². The monoisotopic (exact) mass is 370 g/mol. The number of amides is 1. The van der Waals surface area contributed by atoms with Gasteiger partial charge in [0.25, 0.3) is 0 Å². The van der Waals surface area contributed by atoms with Crippen LogP contribution in [-0.2, 0) is 24.1 Å². The molecule has 8 nitrogen and oxygen atoms in total. The van der Waals surface area contributed by atoms with Gasteiger partial charge in [0.15, 0.2) is 9.84 Å². The van der Waals surface area contributed by atoms with Crippen LogP contribution in [0.1, 0.15) is 24.2 Å². The highest BCUT2D eigenvalue weighted by Crippen LogP contribution is 2.21. The number of hydrogen-bond acceptors (Lipinski definition) is 7. The quantitative estimate of drug-likeness (QED) is 0.730. The largest absolute Gasteiger partial charge is 0.462 e. The lowest BCUT2D eigenvalue weighted by Gasteiger charge is -2.29. The van der Waals surface area contributed by atoms with Gasteiger partial charge in [-0.3, -0.25) is 4.79 Å². The summed E-state index contributed by atoms with van der Waals surface area (Å²) in [6.45, 7) is 4.64. The van der Waals surface area contributed by atoms with Crippen LogP contribution >= 0.6 is 0 Å². The fourth-order valence-corrected chi connectivity index (χ4v) is 3.15. The van der Waals surface area contributed by atoms with Crippen LogP contribution in [0, 0.1) is 0 Å².